The number of nitrogens with two attached hydrogens (primary N) is 1. The van der Waals surface area contributed by atoms with Crippen LogP contribution in [0.1, 0.15) is 60.3 Å². The highest BCUT2D eigenvalue weighted by molar-refractivity contribution is 6.00. The van der Waals surface area contributed by atoms with Crippen molar-refractivity contribution < 1.29 is 4.79 Å². The molecule has 0 radical (unpaired) electrons. The highest BCUT2D eigenvalue weighted by Crippen LogP contribution is 2.31. The second-order valence-corrected chi connectivity index (χ2v) is 7.24. The van der Waals surface area contributed by atoms with Crippen LogP contribution in [0.4, 0.5) is 5.95 Å². The number of carbonyl (C=O) groups excluding carboxylic acids is 1. The Morgan fingerprint density at radius 2 is 2.12 bits per heavy atom. The third-order valence-electron chi connectivity index (χ3n) is 5.62. The number of carbonyl (C=O) groups is 1. The van der Waals surface area contributed by atoms with Crippen molar-refractivity contribution >= 4 is 18.1 Å². The molecule has 134 valence electrons. The van der Waals surface area contributed by atoms with Gasteiger partial charge in [0.1, 0.15) is 0 Å². The van der Waals surface area contributed by atoms with Gasteiger partial charge in [-0.1, -0.05) is 12.8 Å². The topological polar surface area (TPSA) is 109 Å². The second-order valence-electron chi connectivity index (χ2n) is 7.24. The molecule has 0 bridgehead atoms. The molecule has 1 saturated carbocycles. The minimum Gasteiger partial charge on any atom is -0.350 e. The van der Waals surface area contributed by atoms with E-state index in [9.17, 15) is 4.79 Å². The number of likely N-dealkylation sites (N-methyl/N-ethyl adjacent to an activating group) is 1. The van der Waals surface area contributed by atoms with Gasteiger partial charge in [0.05, 0.1) is 35.5 Å². The molecular formula is C17H25N7O. The van der Waals surface area contributed by atoms with Crippen LogP contribution in [0.2, 0.25) is 0 Å². The molecule has 0 aromatic carbocycles. The summed E-state index contributed by atoms with van der Waals surface area (Å²) in [5.41, 5.74) is 8.38. The number of nitrogens with zero attached hydrogens (tertiary/aromatic N) is 4. The van der Waals surface area contributed by atoms with E-state index in [1.807, 2.05) is 18.3 Å². The quantitative estimate of drug-likeness (QED) is 0.749. The first kappa shape index (κ1) is 16.3. The Labute approximate surface area is 147 Å². The van der Waals surface area contributed by atoms with E-state index in [2.05, 4.69) is 27.6 Å². The van der Waals surface area contributed by atoms with Gasteiger partial charge in [-0.15, -0.1) is 0 Å². The average molecular weight is 343 g/mol. The maximum Gasteiger partial charge on any atom is 0.255 e. The molecule has 1 aliphatic carbocycles. The van der Waals surface area contributed by atoms with E-state index in [4.69, 9.17) is 10.7 Å². The second kappa shape index (κ2) is 6.25. The number of amides is 1. The van der Waals surface area contributed by atoms with Gasteiger partial charge in [-0.2, -0.15) is 5.10 Å². The molecule has 1 fully saturated rings. The number of anilines is 1. The van der Waals surface area contributed by atoms with Gasteiger partial charge in [-0.05, 0) is 19.8 Å². The summed E-state index contributed by atoms with van der Waals surface area (Å²) in [6.07, 6.45) is 6.26. The van der Waals surface area contributed by atoms with Crippen molar-refractivity contribution in [2.45, 2.75) is 63.2 Å². The van der Waals surface area contributed by atoms with E-state index in [0.717, 1.165) is 24.2 Å². The molecule has 1 aromatic heterocycles. The first-order valence-electron chi connectivity index (χ1n) is 9.02. The molecule has 3 aliphatic rings. The van der Waals surface area contributed by atoms with Crippen molar-refractivity contribution in [1.82, 2.24) is 20.3 Å². The Morgan fingerprint density at radius 3 is 2.84 bits per heavy atom. The number of aromatic nitrogens is 2. The standard InChI is InChI=1S/C17H25N7O/c1-9-10(7-20-24(9)2)15-14-13(8-19-16(14)25)22-17(23-15)21-12-6-4-3-5-11(12)18/h7,9-12H,3-6,8,18H2,1-2H3,(H,19,25)(H,21,22,23)/t9?,10?,11-,12+/m0/s1. The van der Waals surface area contributed by atoms with E-state index in [1.54, 1.807) is 0 Å². The minimum absolute atomic E-state index is 0.0221. The molecule has 25 heavy (non-hydrogen) atoms. The van der Waals surface area contributed by atoms with Gasteiger partial charge in [-0.25, -0.2) is 9.97 Å². The molecule has 0 saturated heterocycles. The highest BCUT2D eigenvalue weighted by atomic mass is 16.1. The molecule has 4 atom stereocenters. The van der Waals surface area contributed by atoms with Crippen LogP contribution in [-0.4, -0.2) is 52.3 Å². The summed E-state index contributed by atoms with van der Waals surface area (Å²) in [6, 6.07) is 0.450. The van der Waals surface area contributed by atoms with E-state index in [-0.39, 0.29) is 30.0 Å². The van der Waals surface area contributed by atoms with Gasteiger partial charge < -0.3 is 16.4 Å². The van der Waals surface area contributed by atoms with Crippen molar-refractivity contribution in [3.63, 3.8) is 0 Å². The molecule has 3 heterocycles. The maximum atomic E-state index is 12.3. The molecule has 1 aromatic rings. The number of hydrazone groups is 1. The molecule has 1 amide bonds. The normalized spacial score (nSPS) is 31.2. The van der Waals surface area contributed by atoms with Gasteiger partial charge in [0.2, 0.25) is 5.95 Å². The van der Waals surface area contributed by atoms with Crippen LogP contribution in [0, 0.1) is 0 Å². The van der Waals surface area contributed by atoms with Gasteiger partial charge in [0.25, 0.3) is 5.91 Å². The molecule has 2 aliphatic heterocycles. The summed E-state index contributed by atoms with van der Waals surface area (Å²) < 4.78 is 0. The van der Waals surface area contributed by atoms with Crippen molar-refractivity contribution in [2.24, 2.45) is 10.8 Å². The predicted molar refractivity (Wildman–Crippen MR) is 95.5 cm³/mol. The first-order valence-corrected chi connectivity index (χ1v) is 9.02. The first-order chi connectivity index (χ1) is 12.0. The number of hydrogen-bond donors (Lipinski definition) is 3. The molecule has 2 unspecified atom stereocenters. The van der Waals surface area contributed by atoms with Crippen LogP contribution in [0.25, 0.3) is 0 Å². The highest BCUT2D eigenvalue weighted by Gasteiger charge is 2.35. The monoisotopic (exact) mass is 343 g/mol. The SMILES string of the molecule is CC1C(c2nc(N[C@@H]3CCCC[C@@H]3N)nc3c2C(=O)NC3)C=NN1C. The lowest BCUT2D eigenvalue weighted by atomic mass is 9.91. The van der Waals surface area contributed by atoms with E-state index in [0.29, 0.717) is 18.1 Å². The van der Waals surface area contributed by atoms with E-state index in [1.165, 1.54) is 12.8 Å². The smallest absolute Gasteiger partial charge is 0.255 e. The average Bonchev–Trinajstić information content (AvgIpc) is 3.13. The molecule has 4 rings (SSSR count). The van der Waals surface area contributed by atoms with Crippen molar-refractivity contribution in [3.8, 4) is 0 Å². The van der Waals surface area contributed by atoms with Gasteiger partial charge in [0, 0.05) is 25.3 Å². The molecule has 4 N–H and O–H groups in total. The van der Waals surface area contributed by atoms with Crippen LogP contribution in [-0.2, 0) is 6.54 Å². The van der Waals surface area contributed by atoms with Crippen molar-refractivity contribution in [3.05, 3.63) is 17.0 Å². The molecule has 8 heteroatoms. The van der Waals surface area contributed by atoms with Crippen molar-refractivity contribution in [1.29, 1.82) is 0 Å². The van der Waals surface area contributed by atoms with Gasteiger partial charge in [0.15, 0.2) is 0 Å². The largest absolute Gasteiger partial charge is 0.350 e. The molecule has 0 spiro atoms. The van der Waals surface area contributed by atoms with E-state index >= 15 is 0 Å². The lowest BCUT2D eigenvalue weighted by Crippen LogP contribution is -2.43. The van der Waals surface area contributed by atoms with Crippen LogP contribution in [0.5, 0.6) is 0 Å². The Kier molecular flexibility index (Phi) is 4.07. The van der Waals surface area contributed by atoms with Crippen molar-refractivity contribution in [2.75, 3.05) is 12.4 Å². The Hall–Kier alpha value is -2.22. The Morgan fingerprint density at radius 1 is 1.32 bits per heavy atom. The van der Waals surface area contributed by atoms with Gasteiger partial charge in [-0.3, -0.25) is 9.80 Å². The number of hydrogen-bond acceptors (Lipinski definition) is 7. The summed E-state index contributed by atoms with van der Waals surface area (Å²) in [4.78, 5) is 21.6. The fraction of sp³-hybridized carbons (Fsp3) is 0.647. The zero-order valence-corrected chi connectivity index (χ0v) is 14.7. The summed E-state index contributed by atoms with van der Waals surface area (Å²) in [7, 11) is 1.93. The number of fused-ring (bicyclic) bond motifs is 1. The zero-order valence-electron chi connectivity index (χ0n) is 14.7. The number of rotatable bonds is 3. The van der Waals surface area contributed by atoms with Crippen LogP contribution < -0.4 is 16.4 Å². The number of nitrogens with one attached hydrogen (secondary N) is 2. The van der Waals surface area contributed by atoms with Crippen LogP contribution >= 0.6 is 0 Å². The van der Waals surface area contributed by atoms with E-state index < -0.39 is 0 Å². The van der Waals surface area contributed by atoms with Crippen LogP contribution in [0.15, 0.2) is 5.10 Å². The Balaban J connectivity index is 1.69. The molecule has 8 nitrogen and oxygen atoms in total. The maximum absolute atomic E-state index is 12.3. The predicted octanol–water partition coefficient (Wildman–Crippen LogP) is 0.805. The molecular weight excluding hydrogens is 318 g/mol. The fourth-order valence-electron chi connectivity index (χ4n) is 3.90. The van der Waals surface area contributed by atoms with Gasteiger partial charge >= 0.3 is 0 Å². The minimum atomic E-state index is -0.0962. The summed E-state index contributed by atoms with van der Waals surface area (Å²) >= 11 is 0. The lowest BCUT2D eigenvalue weighted by molar-refractivity contribution is 0.0964. The summed E-state index contributed by atoms with van der Waals surface area (Å²) in [6.45, 7) is 2.53. The Bertz CT molecular complexity index is 719. The summed E-state index contributed by atoms with van der Waals surface area (Å²) in [5.74, 6) is 0.454. The van der Waals surface area contributed by atoms with Crippen LogP contribution in [0.3, 0.4) is 0 Å². The third-order valence-corrected chi connectivity index (χ3v) is 5.62. The zero-order chi connectivity index (χ0) is 17.6. The third kappa shape index (κ3) is 2.84. The fourth-order valence-corrected chi connectivity index (χ4v) is 3.90. The summed E-state index contributed by atoms with van der Waals surface area (Å²) in [5, 5.41) is 12.5. The lowest BCUT2D eigenvalue weighted by Gasteiger charge is -2.29.